The van der Waals surface area contributed by atoms with Gasteiger partial charge in [0.15, 0.2) is 12.4 Å². The maximum atomic E-state index is 12.4. The molecule has 0 spiro atoms. The Morgan fingerprint density at radius 1 is 1.10 bits per heavy atom. The summed E-state index contributed by atoms with van der Waals surface area (Å²) >= 11 is 31.5. The second kappa shape index (κ2) is 9.08. The van der Waals surface area contributed by atoms with Crippen LogP contribution in [-0.4, -0.2) is 18.4 Å². The molecule has 29 heavy (non-hydrogen) atoms. The topological polar surface area (TPSA) is 81.4 Å². The highest BCUT2D eigenvalue weighted by molar-refractivity contribution is 7.17. The number of halogens is 5. The molecule has 1 aliphatic carbocycles. The van der Waals surface area contributed by atoms with E-state index in [1.54, 1.807) is 0 Å². The SMILES string of the molecule is CC1CCc2c(sc(NC(=O)COc3c(Cl)c(Cl)c(Cl)c(Cl)c3Cl)c2C(N)=O)C1. The van der Waals surface area contributed by atoms with E-state index in [1.807, 2.05) is 0 Å². The van der Waals surface area contributed by atoms with E-state index in [0.29, 0.717) is 16.5 Å². The van der Waals surface area contributed by atoms with Crippen LogP contribution in [0.25, 0.3) is 0 Å². The second-order valence-corrected chi connectivity index (χ2v) is 9.65. The normalized spacial score (nSPS) is 15.7. The van der Waals surface area contributed by atoms with Gasteiger partial charge >= 0.3 is 0 Å². The molecule has 0 bridgehead atoms. The summed E-state index contributed by atoms with van der Waals surface area (Å²) in [5.74, 6) is -0.640. The predicted octanol–water partition coefficient (Wildman–Crippen LogP) is 6.26. The molecule has 0 fully saturated rings. The summed E-state index contributed by atoms with van der Waals surface area (Å²) in [4.78, 5) is 25.5. The molecule has 1 aromatic carbocycles. The predicted molar refractivity (Wildman–Crippen MR) is 120 cm³/mol. The highest BCUT2D eigenvalue weighted by Gasteiger charge is 2.27. The third-order valence-electron chi connectivity index (χ3n) is 4.53. The van der Waals surface area contributed by atoms with Crippen LogP contribution in [0.2, 0.25) is 25.1 Å². The van der Waals surface area contributed by atoms with Gasteiger partial charge in [-0.3, -0.25) is 9.59 Å². The summed E-state index contributed by atoms with van der Waals surface area (Å²) in [6, 6.07) is 0. The number of fused-ring (bicyclic) bond motifs is 1. The summed E-state index contributed by atoms with van der Waals surface area (Å²) in [5.41, 5.74) is 6.83. The first-order chi connectivity index (χ1) is 13.6. The van der Waals surface area contributed by atoms with E-state index in [4.69, 9.17) is 68.5 Å². The van der Waals surface area contributed by atoms with E-state index in [1.165, 1.54) is 11.3 Å². The number of thiophene rings is 1. The van der Waals surface area contributed by atoms with Gasteiger partial charge in [-0.2, -0.15) is 0 Å². The number of amides is 2. The molecule has 1 atom stereocenters. The highest BCUT2D eigenvalue weighted by atomic mass is 35.5. The zero-order valence-electron chi connectivity index (χ0n) is 15.0. The van der Waals surface area contributed by atoms with E-state index in [-0.39, 0.29) is 30.9 Å². The molecule has 2 aromatic rings. The Bertz CT molecular complexity index is 979. The van der Waals surface area contributed by atoms with Gasteiger partial charge in [0.25, 0.3) is 11.8 Å². The molecule has 1 aromatic heterocycles. The summed E-state index contributed by atoms with van der Waals surface area (Å²) in [5, 5.41) is 2.91. The molecular formula is C18H15Cl5N2O3S. The van der Waals surface area contributed by atoms with E-state index >= 15 is 0 Å². The molecule has 2 amide bonds. The summed E-state index contributed by atoms with van der Waals surface area (Å²) in [6.07, 6.45) is 2.57. The fourth-order valence-corrected chi connectivity index (χ4v) is 5.77. The fourth-order valence-electron chi connectivity index (χ4n) is 3.11. The number of anilines is 1. The van der Waals surface area contributed by atoms with Crippen LogP contribution >= 0.6 is 69.3 Å². The molecule has 0 radical (unpaired) electrons. The van der Waals surface area contributed by atoms with Crippen LogP contribution in [0.1, 0.15) is 34.1 Å². The van der Waals surface area contributed by atoms with Gasteiger partial charge in [-0.05, 0) is 30.7 Å². The van der Waals surface area contributed by atoms with Gasteiger partial charge in [0.05, 0.1) is 20.6 Å². The van der Waals surface area contributed by atoms with Crippen LogP contribution in [0.3, 0.4) is 0 Å². The maximum absolute atomic E-state index is 12.4. The van der Waals surface area contributed by atoms with Crippen molar-refractivity contribution in [3.05, 3.63) is 41.1 Å². The molecule has 5 nitrogen and oxygen atoms in total. The van der Waals surface area contributed by atoms with Gasteiger partial charge < -0.3 is 15.8 Å². The molecule has 3 N–H and O–H groups in total. The standard InChI is InChI=1S/C18H15Cl5N2O3S/c1-6-2-3-7-8(4-6)29-18(10(7)17(24)27)25-9(26)5-28-16-14(22)12(20)11(19)13(21)15(16)23/h6H,2-5H2,1H3,(H2,24,27)(H,25,26). The van der Waals surface area contributed by atoms with Crippen molar-refractivity contribution < 1.29 is 14.3 Å². The number of hydrogen-bond acceptors (Lipinski definition) is 4. The number of ether oxygens (including phenoxy) is 1. The largest absolute Gasteiger partial charge is 0.481 e. The Balaban J connectivity index is 1.79. The number of primary amides is 1. The third kappa shape index (κ3) is 4.58. The molecule has 3 rings (SSSR count). The number of rotatable bonds is 5. The Labute approximate surface area is 196 Å². The minimum atomic E-state index is -0.573. The number of hydrogen-bond donors (Lipinski definition) is 2. The first-order valence-electron chi connectivity index (χ1n) is 8.50. The Kier molecular flexibility index (Phi) is 7.14. The van der Waals surface area contributed by atoms with Gasteiger partial charge in [-0.25, -0.2) is 0 Å². The maximum Gasteiger partial charge on any atom is 0.262 e. The first-order valence-corrected chi connectivity index (χ1v) is 11.2. The lowest BCUT2D eigenvalue weighted by Gasteiger charge is -2.18. The average Bonchev–Trinajstić information content (AvgIpc) is 3.01. The number of carbonyl (C=O) groups is 2. The molecule has 1 aliphatic rings. The van der Waals surface area contributed by atoms with Gasteiger partial charge in [0.1, 0.15) is 15.0 Å². The molecule has 0 saturated carbocycles. The number of benzene rings is 1. The van der Waals surface area contributed by atoms with Crippen molar-refractivity contribution in [2.45, 2.75) is 26.2 Å². The number of nitrogens with two attached hydrogens (primary N) is 1. The second-order valence-electron chi connectivity index (χ2n) is 6.66. The van der Waals surface area contributed by atoms with Crippen LogP contribution in [0.4, 0.5) is 5.00 Å². The molecule has 156 valence electrons. The van der Waals surface area contributed by atoms with Gasteiger partial charge in [0.2, 0.25) is 0 Å². The van der Waals surface area contributed by atoms with E-state index in [0.717, 1.165) is 29.7 Å². The minimum Gasteiger partial charge on any atom is -0.481 e. The van der Waals surface area contributed by atoms with E-state index in [9.17, 15) is 9.59 Å². The Morgan fingerprint density at radius 2 is 1.69 bits per heavy atom. The Morgan fingerprint density at radius 3 is 2.28 bits per heavy atom. The molecule has 0 aliphatic heterocycles. The highest BCUT2D eigenvalue weighted by Crippen LogP contribution is 2.48. The van der Waals surface area contributed by atoms with E-state index < -0.39 is 18.4 Å². The lowest BCUT2D eigenvalue weighted by Crippen LogP contribution is -2.23. The molecular weight excluding hydrogens is 502 g/mol. The van der Waals surface area contributed by atoms with Crippen molar-refractivity contribution in [1.29, 1.82) is 0 Å². The summed E-state index contributed by atoms with van der Waals surface area (Å²) in [6.45, 7) is 1.71. The van der Waals surface area contributed by atoms with Crippen molar-refractivity contribution >= 4 is 86.2 Å². The average molecular weight is 517 g/mol. The van der Waals surface area contributed by atoms with Crippen molar-refractivity contribution in [1.82, 2.24) is 0 Å². The van der Waals surface area contributed by atoms with Gasteiger partial charge in [0, 0.05) is 4.88 Å². The van der Waals surface area contributed by atoms with Crippen LogP contribution in [-0.2, 0) is 17.6 Å². The Hall–Kier alpha value is -0.890. The lowest BCUT2D eigenvalue weighted by atomic mass is 9.88. The lowest BCUT2D eigenvalue weighted by molar-refractivity contribution is -0.118. The quantitative estimate of drug-likeness (QED) is 0.364. The van der Waals surface area contributed by atoms with Crippen molar-refractivity contribution in [2.75, 3.05) is 11.9 Å². The number of carbonyl (C=O) groups excluding carboxylic acids is 2. The monoisotopic (exact) mass is 514 g/mol. The number of nitrogens with one attached hydrogen (secondary N) is 1. The van der Waals surface area contributed by atoms with Gasteiger partial charge in [-0.15, -0.1) is 11.3 Å². The summed E-state index contributed by atoms with van der Waals surface area (Å²) in [7, 11) is 0. The van der Waals surface area contributed by atoms with Crippen molar-refractivity contribution in [3.8, 4) is 5.75 Å². The third-order valence-corrected chi connectivity index (χ3v) is 7.94. The van der Waals surface area contributed by atoms with Crippen LogP contribution in [0.5, 0.6) is 5.75 Å². The smallest absolute Gasteiger partial charge is 0.262 e. The fraction of sp³-hybridized carbons (Fsp3) is 0.333. The van der Waals surface area contributed by atoms with Crippen LogP contribution in [0, 0.1) is 5.92 Å². The van der Waals surface area contributed by atoms with Crippen molar-refractivity contribution in [2.24, 2.45) is 11.7 Å². The molecule has 1 unspecified atom stereocenters. The van der Waals surface area contributed by atoms with Crippen LogP contribution < -0.4 is 15.8 Å². The van der Waals surface area contributed by atoms with Crippen LogP contribution in [0.15, 0.2) is 0 Å². The van der Waals surface area contributed by atoms with E-state index in [2.05, 4.69) is 12.2 Å². The zero-order chi connectivity index (χ0) is 21.5. The first kappa shape index (κ1) is 22.8. The summed E-state index contributed by atoms with van der Waals surface area (Å²) < 4.78 is 5.42. The molecule has 1 heterocycles. The zero-order valence-corrected chi connectivity index (χ0v) is 19.6. The molecule has 0 saturated heterocycles. The minimum absolute atomic E-state index is 0.00960. The van der Waals surface area contributed by atoms with Gasteiger partial charge in [-0.1, -0.05) is 64.9 Å². The van der Waals surface area contributed by atoms with Crippen molar-refractivity contribution in [3.63, 3.8) is 0 Å². The molecule has 11 heteroatoms.